The van der Waals surface area contributed by atoms with Crippen molar-refractivity contribution in [1.82, 2.24) is 4.98 Å². The van der Waals surface area contributed by atoms with Crippen LogP contribution in [-0.4, -0.2) is 11.3 Å². The number of hydrogen-bond donors (Lipinski definition) is 1. The second-order valence-corrected chi connectivity index (χ2v) is 4.85. The van der Waals surface area contributed by atoms with Gasteiger partial charge in [-0.25, -0.2) is 0 Å². The minimum atomic E-state index is -0.199. The van der Waals surface area contributed by atoms with E-state index in [2.05, 4.69) is 15.2 Å². The summed E-state index contributed by atoms with van der Waals surface area (Å²) in [6.45, 7) is 0. The molecule has 5 nitrogen and oxygen atoms in total. The first-order valence-corrected chi connectivity index (χ1v) is 7.01. The first-order valence-electron chi connectivity index (χ1n) is 7.01. The van der Waals surface area contributed by atoms with Crippen molar-refractivity contribution in [1.29, 1.82) is 0 Å². The van der Waals surface area contributed by atoms with Gasteiger partial charge >= 0.3 is 0 Å². The largest absolute Gasteiger partial charge is 0.366 e. The third-order valence-corrected chi connectivity index (χ3v) is 3.32. The summed E-state index contributed by atoms with van der Waals surface area (Å²) in [5.41, 5.74) is 2.96. The Morgan fingerprint density at radius 1 is 0.957 bits per heavy atom. The molecule has 23 heavy (non-hydrogen) atoms. The highest BCUT2D eigenvalue weighted by atomic mass is 16.1. The maximum absolute atomic E-state index is 11.6. The molecule has 0 fully saturated rings. The van der Waals surface area contributed by atoms with Crippen molar-refractivity contribution in [3.05, 3.63) is 82.8 Å². The van der Waals surface area contributed by atoms with Gasteiger partial charge in [0.25, 0.3) is 0 Å². The van der Waals surface area contributed by atoms with Crippen LogP contribution in [0.1, 0.15) is 10.4 Å². The first-order chi connectivity index (χ1) is 11.3. The van der Waals surface area contributed by atoms with Crippen molar-refractivity contribution in [2.45, 2.75) is 0 Å². The number of aldehydes is 1. The molecule has 1 heterocycles. The van der Waals surface area contributed by atoms with E-state index in [1.807, 2.05) is 36.4 Å². The number of nitrogens with one attached hydrogen (secondary N) is 1. The molecule has 0 unspecified atom stereocenters. The Labute approximate surface area is 132 Å². The fraction of sp³-hybridized carbons (Fsp3) is 0. The van der Waals surface area contributed by atoms with Crippen LogP contribution in [0.15, 0.2) is 82.0 Å². The van der Waals surface area contributed by atoms with Crippen molar-refractivity contribution in [3.8, 4) is 11.1 Å². The number of pyridine rings is 1. The van der Waals surface area contributed by atoms with Crippen molar-refractivity contribution >= 4 is 17.7 Å². The number of rotatable bonds is 4. The Bertz CT molecular complexity index is 929. The van der Waals surface area contributed by atoms with Crippen molar-refractivity contribution < 1.29 is 4.79 Å². The molecule has 112 valence electrons. The summed E-state index contributed by atoms with van der Waals surface area (Å²) < 4.78 is 0. The number of nitrogens with zero attached hydrogens (tertiary/aromatic N) is 2. The number of aromatic amines is 1. The monoisotopic (exact) mass is 303 g/mol. The normalized spacial score (nSPS) is 10.8. The van der Waals surface area contributed by atoms with Crippen LogP contribution in [0.2, 0.25) is 0 Å². The maximum atomic E-state index is 11.6. The van der Waals surface area contributed by atoms with E-state index in [1.54, 1.807) is 18.3 Å². The van der Waals surface area contributed by atoms with E-state index in [9.17, 15) is 9.59 Å². The smallest absolute Gasteiger partial charge is 0.209 e. The predicted octanol–water partition coefficient (Wildman–Crippen LogP) is 4.27. The summed E-state index contributed by atoms with van der Waals surface area (Å²) in [5, 5.41) is 8.06. The van der Waals surface area contributed by atoms with Crippen LogP contribution in [0.25, 0.3) is 11.1 Å². The molecule has 0 radical (unpaired) electrons. The van der Waals surface area contributed by atoms with E-state index >= 15 is 0 Å². The highest BCUT2D eigenvalue weighted by molar-refractivity contribution is 5.87. The molecular weight excluding hydrogens is 290 g/mol. The molecule has 0 spiro atoms. The van der Waals surface area contributed by atoms with Gasteiger partial charge in [-0.3, -0.25) is 9.59 Å². The van der Waals surface area contributed by atoms with Crippen molar-refractivity contribution in [2.24, 2.45) is 10.2 Å². The highest BCUT2D eigenvalue weighted by Crippen LogP contribution is 2.27. The van der Waals surface area contributed by atoms with E-state index in [-0.39, 0.29) is 11.1 Å². The molecule has 0 bridgehead atoms. The van der Waals surface area contributed by atoms with E-state index in [1.165, 1.54) is 12.3 Å². The van der Waals surface area contributed by atoms with Gasteiger partial charge < -0.3 is 4.98 Å². The van der Waals surface area contributed by atoms with Gasteiger partial charge in [-0.05, 0) is 23.3 Å². The maximum Gasteiger partial charge on any atom is 0.209 e. The van der Waals surface area contributed by atoms with Crippen molar-refractivity contribution in [3.63, 3.8) is 0 Å². The van der Waals surface area contributed by atoms with Gasteiger partial charge in [0.2, 0.25) is 5.43 Å². The lowest BCUT2D eigenvalue weighted by molar-refractivity contribution is 0.112. The van der Waals surface area contributed by atoms with Crippen LogP contribution >= 0.6 is 0 Å². The summed E-state index contributed by atoms with van der Waals surface area (Å²) in [7, 11) is 0. The molecule has 0 amide bonds. The Balaban J connectivity index is 1.96. The zero-order chi connectivity index (χ0) is 16.1. The van der Waals surface area contributed by atoms with Crippen LogP contribution in [0, 0.1) is 0 Å². The molecule has 3 rings (SSSR count). The lowest BCUT2D eigenvalue weighted by Gasteiger charge is -2.05. The quantitative estimate of drug-likeness (QED) is 0.577. The number of aromatic nitrogens is 1. The molecular formula is C18H13N3O2. The Hall–Kier alpha value is -3.34. The summed E-state index contributed by atoms with van der Waals surface area (Å²) in [6.07, 6.45) is 3.86. The van der Waals surface area contributed by atoms with Gasteiger partial charge in [-0.15, -0.1) is 5.11 Å². The van der Waals surface area contributed by atoms with E-state index in [0.717, 1.165) is 17.4 Å². The SMILES string of the molecule is O=Cc1ccccc1-c1cccc(N=Nc2c[nH]ccc2=O)c1. The lowest BCUT2D eigenvalue weighted by atomic mass is 10.0. The number of H-pyrrole nitrogens is 1. The highest BCUT2D eigenvalue weighted by Gasteiger charge is 2.04. The number of benzene rings is 2. The molecule has 5 heteroatoms. The summed E-state index contributed by atoms with van der Waals surface area (Å²) >= 11 is 0. The Morgan fingerprint density at radius 3 is 2.65 bits per heavy atom. The van der Waals surface area contributed by atoms with E-state index in [4.69, 9.17) is 0 Å². The van der Waals surface area contributed by atoms with E-state index < -0.39 is 0 Å². The number of carbonyl (C=O) groups is 1. The van der Waals surface area contributed by atoms with Gasteiger partial charge in [0.15, 0.2) is 6.29 Å². The molecule has 3 aromatic rings. The van der Waals surface area contributed by atoms with Gasteiger partial charge in [0.05, 0.1) is 5.69 Å². The molecule has 0 aliphatic heterocycles. The molecule has 1 N–H and O–H groups in total. The molecule has 1 aromatic heterocycles. The number of azo groups is 1. The number of carbonyl (C=O) groups excluding carboxylic acids is 1. The third-order valence-electron chi connectivity index (χ3n) is 3.32. The van der Waals surface area contributed by atoms with Gasteiger partial charge in [0, 0.05) is 24.0 Å². The fourth-order valence-corrected chi connectivity index (χ4v) is 2.20. The molecule has 2 aromatic carbocycles. The standard InChI is InChI=1S/C18H13N3O2/c22-12-14-4-1-2-7-16(14)13-5-3-6-15(10-13)20-21-17-11-19-9-8-18(17)23/h1-12H,(H,19,23). The summed E-state index contributed by atoms with van der Waals surface area (Å²) in [6, 6.07) is 16.1. The van der Waals surface area contributed by atoms with Gasteiger partial charge in [-0.1, -0.05) is 36.4 Å². The summed E-state index contributed by atoms with van der Waals surface area (Å²) in [5.74, 6) is 0. The topological polar surface area (TPSA) is 74.7 Å². The van der Waals surface area contributed by atoms with Crippen molar-refractivity contribution in [2.75, 3.05) is 0 Å². The lowest BCUT2D eigenvalue weighted by Crippen LogP contribution is -1.96. The Kier molecular flexibility index (Phi) is 4.20. The fourth-order valence-electron chi connectivity index (χ4n) is 2.20. The molecule has 0 atom stereocenters. The molecule has 0 saturated heterocycles. The zero-order valence-electron chi connectivity index (χ0n) is 12.1. The zero-order valence-corrected chi connectivity index (χ0v) is 12.1. The van der Waals surface area contributed by atoms with Gasteiger partial charge in [0.1, 0.15) is 5.69 Å². The second kappa shape index (κ2) is 6.62. The average molecular weight is 303 g/mol. The predicted molar refractivity (Wildman–Crippen MR) is 88.5 cm³/mol. The van der Waals surface area contributed by atoms with Crippen LogP contribution in [0.4, 0.5) is 11.4 Å². The van der Waals surface area contributed by atoms with Crippen LogP contribution in [-0.2, 0) is 0 Å². The minimum absolute atomic E-state index is 0.199. The molecule has 0 aliphatic rings. The Morgan fingerprint density at radius 2 is 1.83 bits per heavy atom. The average Bonchev–Trinajstić information content (AvgIpc) is 2.61. The third kappa shape index (κ3) is 3.29. The second-order valence-electron chi connectivity index (χ2n) is 4.85. The van der Waals surface area contributed by atoms with E-state index in [0.29, 0.717) is 11.3 Å². The van der Waals surface area contributed by atoms with Gasteiger partial charge in [-0.2, -0.15) is 5.11 Å². The number of hydrogen-bond acceptors (Lipinski definition) is 4. The van der Waals surface area contributed by atoms with Crippen LogP contribution in [0.3, 0.4) is 0 Å². The molecule has 0 aliphatic carbocycles. The molecule has 0 saturated carbocycles. The summed E-state index contributed by atoms with van der Waals surface area (Å²) in [4.78, 5) is 25.6. The van der Waals surface area contributed by atoms with Crippen LogP contribution < -0.4 is 5.43 Å². The van der Waals surface area contributed by atoms with Crippen LogP contribution in [0.5, 0.6) is 0 Å². The first kappa shape index (κ1) is 14.6. The minimum Gasteiger partial charge on any atom is -0.366 e.